The lowest BCUT2D eigenvalue weighted by atomic mass is 10.0. The number of hydrogen-bond acceptors (Lipinski definition) is 2. The molecule has 4 nitrogen and oxygen atoms in total. The van der Waals surface area contributed by atoms with Gasteiger partial charge in [0, 0.05) is 47.4 Å². The number of nitrogens with one attached hydrogen (secondary N) is 1. The standard InChI is InChI=1S/C15H18N4/c1-10-15(11-5-3-4-6-13(11)17-10)12-9-19(2)18-14(12)7-8-16/h3-6,9,17H,7-8,16H2,1-2H3. The maximum absolute atomic E-state index is 5.69. The van der Waals surface area contributed by atoms with Gasteiger partial charge in [0.15, 0.2) is 0 Å². The van der Waals surface area contributed by atoms with Gasteiger partial charge in [-0.15, -0.1) is 0 Å². The Hall–Kier alpha value is -2.07. The highest BCUT2D eigenvalue weighted by Gasteiger charge is 2.16. The third kappa shape index (κ3) is 1.94. The predicted octanol–water partition coefficient (Wildman–Crippen LogP) is 2.38. The van der Waals surface area contributed by atoms with E-state index in [-0.39, 0.29) is 0 Å². The summed E-state index contributed by atoms with van der Waals surface area (Å²) >= 11 is 0. The van der Waals surface area contributed by atoms with Crippen LogP contribution in [-0.4, -0.2) is 21.3 Å². The molecule has 0 atom stereocenters. The maximum atomic E-state index is 5.69. The molecule has 0 bridgehead atoms. The normalized spacial score (nSPS) is 11.3. The van der Waals surface area contributed by atoms with Gasteiger partial charge in [0.25, 0.3) is 0 Å². The van der Waals surface area contributed by atoms with Crippen molar-refractivity contribution in [2.24, 2.45) is 12.8 Å². The van der Waals surface area contributed by atoms with Gasteiger partial charge in [0.05, 0.1) is 5.69 Å². The molecular weight excluding hydrogens is 236 g/mol. The molecule has 0 saturated carbocycles. The third-order valence-corrected chi connectivity index (χ3v) is 3.45. The zero-order valence-electron chi connectivity index (χ0n) is 11.3. The molecule has 19 heavy (non-hydrogen) atoms. The molecule has 0 unspecified atom stereocenters. The van der Waals surface area contributed by atoms with Gasteiger partial charge < -0.3 is 10.7 Å². The molecule has 2 heterocycles. The smallest absolute Gasteiger partial charge is 0.0716 e. The number of aromatic nitrogens is 3. The van der Waals surface area contributed by atoms with Gasteiger partial charge in [-0.3, -0.25) is 4.68 Å². The van der Waals surface area contributed by atoms with Crippen LogP contribution in [0.15, 0.2) is 30.5 Å². The predicted molar refractivity (Wildman–Crippen MR) is 78.0 cm³/mol. The quantitative estimate of drug-likeness (QED) is 0.754. The van der Waals surface area contributed by atoms with Crippen LogP contribution in [0.2, 0.25) is 0 Å². The van der Waals surface area contributed by atoms with Crippen molar-refractivity contribution < 1.29 is 0 Å². The second-order valence-corrected chi connectivity index (χ2v) is 4.87. The summed E-state index contributed by atoms with van der Waals surface area (Å²) in [7, 11) is 1.95. The van der Waals surface area contributed by atoms with Crippen LogP contribution in [0.4, 0.5) is 0 Å². The molecule has 3 N–H and O–H groups in total. The number of H-pyrrole nitrogens is 1. The number of fused-ring (bicyclic) bond motifs is 1. The summed E-state index contributed by atoms with van der Waals surface area (Å²) in [6.45, 7) is 2.72. The van der Waals surface area contributed by atoms with E-state index < -0.39 is 0 Å². The first kappa shape index (κ1) is 12.0. The minimum atomic E-state index is 0.616. The van der Waals surface area contributed by atoms with Crippen molar-refractivity contribution in [2.75, 3.05) is 6.54 Å². The number of hydrogen-bond donors (Lipinski definition) is 2. The van der Waals surface area contributed by atoms with E-state index in [0.29, 0.717) is 6.54 Å². The molecule has 0 aliphatic carbocycles. The summed E-state index contributed by atoms with van der Waals surface area (Å²) in [6.07, 6.45) is 2.88. The molecule has 0 fully saturated rings. The molecule has 3 aromatic rings. The van der Waals surface area contributed by atoms with Crippen molar-refractivity contribution in [1.82, 2.24) is 14.8 Å². The first-order valence-corrected chi connectivity index (χ1v) is 6.51. The summed E-state index contributed by atoms with van der Waals surface area (Å²) in [4.78, 5) is 3.44. The Bertz CT molecular complexity index is 721. The number of aromatic amines is 1. The number of rotatable bonds is 3. The van der Waals surface area contributed by atoms with Crippen molar-refractivity contribution in [2.45, 2.75) is 13.3 Å². The molecule has 1 aromatic carbocycles. The van der Waals surface area contributed by atoms with E-state index in [2.05, 4.69) is 41.4 Å². The fraction of sp³-hybridized carbons (Fsp3) is 0.267. The average Bonchev–Trinajstić information content (AvgIpc) is 2.89. The van der Waals surface area contributed by atoms with Crippen LogP contribution < -0.4 is 5.73 Å². The summed E-state index contributed by atoms with van der Waals surface area (Å²) in [5.41, 5.74) is 11.5. The number of aryl methyl sites for hydroxylation is 2. The molecule has 0 spiro atoms. The topological polar surface area (TPSA) is 59.6 Å². The van der Waals surface area contributed by atoms with E-state index in [0.717, 1.165) is 17.6 Å². The van der Waals surface area contributed by atoms with E-state index >= 15 is 0 Å². The van der Waals surface area contributed by atoms with Crippen molar-refractivity contribution >= 4 is 10.9 Å². The molecule has 0 saturated heterocycles. The third-order valence-electron chi connectivity index (χ3n) is 3.45. The Kier molecular flexibility index (Phi) is 2.87. The summed E-state index contributed by atoms with van der Waals surface area (Å²) < 4.78 is 1.86. The highest BCUT2D eigenvalue weighted by Crippen LogP contribution is 2.33. The molecule has 2 aromatic heterocycles. The van der Waals surface area contributed by atoms with Gasteiger partial charge in [-0.05, 0) is 19.5 Å². The van der Waals surface area contributed by atoms with Gasteiger partial charge in [0.1, 0.15) is 0 Å². The fourth-order valence-electron chi connectivity index (χ4n) is 2.69. The first-order chi connectivity index (χ1) is 9.20. The lowest BCUT2D eigenvalue weighted by Crippen LogP contribution is -2.04. The minimum absolute atomic E-state index is 0.616. The molecule has 0 radical (unpaired) electrons. The number of para-hydroxylation sites is 1. The van der Waals surface area contributed by atoms with Crippen LogP contribution in [0.25, 0.3) is 22.0 Å². The lowest BCUT2D eigenvalue weighted by Gasteiger charge is -2.01. The van der Waals surface area contributed by atoms with Crippen LogP contribution in [0, 0.1) is 6.92 Å². The second-order valence-electron chi connectivity index (χ2n) is 4.87. The fourth-order valence-corrected chi connectivity index (χ4v) is 2.69. The highest BCUT2D eigenvalue weighted by atomic mass is 15.3. The highest BCUT2D eigenvalue weighted by molar-refractivity contribution is 5.97. The van der Waals surface area contributed by atoms with Crippen molar-refractivity contribution in [3.63, 3.8) is 0 Å². The summed E-state index contributed by atoms with van der Waals surface area (Å²) in [5, 5.41) is 5.77. The molecule has 4 heteroatoms. The molecule has 0 aliphatic rings. The van der Waals surface area contributed by atoms with E-state index in [1.807, 2.05) is 17.8 Å². The second kappa shape index (κ2) is 4.55. The van der Waals surface area contributed by atoms with Crippen LogP contribution in [0.5, 0.6) is 0 Å². The molecule has 98 valence electrons. The Morgan fingerprint density at radius 3 is 2.89 bits per heavy atom. The van der Waals surface area contributed by atoms with Crippen LogP contribution in [-0.2, 0) is 13.5 Å². The van der Waals surface area contributed by atoms with Gasteiger partial charge >= 0.3 is 0 Å². The van der Waals surface area contributed by atoms with Crippen LogP contribution in [0.1, 0.15) is 11.4 Å². The van der Waals surface area contributed by atoms with Crippen LogP contribution >= 0.6 is 0 Å². The zero-order chi connectivity index (χ0) is 13.4. The van der Waals surface area contributed by atoms with Gasteiger partial charge in [0.2, 0.25) is 0 Å². The minimum Gasteiger partial charge on any atom is -0.358 e. The molecule has 0 amide bonds. The summed E-state index contributed by atoms with van der Waals surface area (Å²) in [5.74, 6) is 0. The monoisotopic (exact) mass is 254 g/mol. The summed E-state index contributed by atoms with van der Waals surface area (Å²) in [6, 6.07) is 8.36. The van der Waals surface area contributed by atoms with E-state index in [1.54, 1.807) is 0 Å². The van der Waals surface area contributed by atoms with Crippen molar-refractivity contribution in [3.8, 4) is 11.1 Å². The Morgan fingerprint density at radius 2 is 2.11 bits per heavy atom. The Balaban J connectivity index is 2.26. The number of nitrogens with two attached hydrogens (primary N) is 1. The van der Waals surface area contributed by atoms with E-state index in [1.165, 1.54) is 22.2 Å². The number of benzene rings is 1. The molecular formula is C15H18N4. The maximum Gasteiger partial charge on any atom is 0.0716 e. The average molecular weight is 254 g/mol. The van der Waals surface area contributed by atoms with E-state index in [4.69, 9.17) is 5.73 Å². The zero-order valence-corrected chi connectivity index (χ0v) is 11.3. The van der Waals surface area contributed by atoms with Gasteiger partial charge in [-0.2, -0.15) is 5.10 Å². The van der Waals surface area contributed by atoms with Gasteiger partial charge in [-0.25, -0.2) is 0 Å². The van der Waals surface area contributed by atoms with Crippen molar-refractivity contribution in [3.05, 3.63) is 41.9 Å². The first-order valence-electron chi connectivity index (χ1n) is 6.51. The Morgan fingerprint density at radius 1 is 1.32 bits per heavy atom. The SMILES string of the molecule is Cc1[nH]c2ccccc2c1-c1cn(C)nc1CCN. The van der Waals surface area contributed by atoms with Crippen molar-refractivity contribution in [1.29, 1.82) is 0 Å². The lowest BCUT2D eigenvalue weighted by molar-refractivity contribution is 0.739. The Labute approximate surface area is 112 Å². The van der Waals surface area contributed by atoms with Gasteiger partial charge in [-0.1, -0.05) is 18.2 Å². The van der Waals surface area contributed by atoms with Crippen LogP contribution in [0.3, 0.4) is 0 Å². The largest absolute Gasteiger partial charge is 0.358 e. The van der Waals surface area contributed by atoms with E-state index in [9.17, 15) is 0 Å². The molecule has 0 aliphatic heterocycles. The number of nitrogens with zero attached hydrogens (tertiary/aromatic N) is 2. The molecule has 3 rings (SSSR count).